The van der Waals surface area contributed by atoms with Crippen molar-refractivity contribution in [2.45, 2.75) is 12.5 Å². The molecule has 1 saturated heterocycles. The van der Waals surface area contributed by atoms with Crippen LogP contribution in [0.5, 0.6) is 5.75 Å². The number of carbonyl (C=O) groups excluding carboxylic acids is 1. The van der Waals surface area contributed by atoms with Crippen molar-refractivity contribution < 1.29 is 14.3 Å². The van der Waals surface area contributed by atoms with Crippen LogP contribution in [0.2, 0.25) is 0 Å². The monoisotopic (exact) mass is 299 g/mol. The highest BCUT2D eigenvalue weighted by molar-refractivity contribution is 9.10. The van der Waals surface area contributed by atoms with E-state index in [2.05, 4.69) is 20.7 Å². The summed E-state index contributed by atoms with van der Waals surface area (Å²) in [5.74, 6) is 0.824. The standard InChI is InChI=1S/C12H14BrNO3/c1-16-12(15)14-7-6-11(8-14)17-10-4-2-9(13)3-5-10/h2-5,11H,6-8H2,1H3. The van der Waals surface area contributed by atoms with Gasteiger partial charge < -0.3 is 14.4 Å². The minimum Gasteiger partial charge on any atom is -0.489 e. The molecule has 2 rings (SSSR count). The lowest BCUT2D eigenvalue weighted by atomic mass is 10.3. The van der Waals surface area contributed by atoms with Gasteiger partial charge in [-0.3, -0.25) is 0 Å². The van der Waals surface area contributed by atoms with E-state index < -0.39 is 0 Å². The van der Waals surface area contributed by atoms with Crippen LogP contribution in [-0.2, 0) is 4.74 Å². The van der Waals surface area contributed by atoms with Crippen LogP contribution in [0.4, 0.5) is 4.79 Å². The molecule has 17 heavy (non-hydrogen) atoms. The van der Waals surface area contributed by atoms with E-state index in [-0.39, 0.29) is 12.2 Å². The predicted molar refractivity (Wildman–Crippen MR) is 67.2 cm³/mol. The van der Waals surface area contributed by atoms with Gasteiger partial charge in [-0.15, -0.1) is 0 Å². The van der Waals surface area contributed by atoms with Gasteiger partial charge in [-0.25, -0.2) is 4.79 Å². The molecule has 1 heterocycles. The Bertz CT molecular complexity index is 393. The summed E-state index contributed by atoms with van der Waals surface area (Å²) in [5.41, 5.74) is 0. The van der Waals surface area contributed by atoms with Crippen LogP contribution in [0.1, 0.15) is 6.42 Å². The molecular weight excluding hydrogens is 286 g/mol. The molecule has 1 aromatic carbocycles. The van der Waals surface area contributed by atoms with Gasteiger partial charge in [0.2, 0.25) is 0 Å². The highest BCUT2D eigenvalue weighted by Crippen LogP contribution is 2.21. The molecule has 1 atom stereocenters. The SMILES string of the molecule is COC(=O)N1CCC(Oc2ccc(Br)cc2)C1. The molecule has 1 amide bonds. The zero-order chi connectivity index (χ0) is 12.3. The van der Waals surface area contributed by atoms with E-state index in [1.807, 2.05) is 24.3 Å². The van der Waals surface area contributed by atoms with Crippen LogP contribution >= 0.6 is 15.9 Å². The van der Waals surface area contributed by atoms with E-state index in [9.17, 15) is 4.79 Å². The maximum atomic E-state index is 11.3. The summed E-state index contributed by atoms with van der Waals surface area (Å²) in [4.78, 5) is 13.0. The highest BCUT2D eigenvalue weighted by atomic mass is 79.9. The maximum absolute atomic E-state index is 11.3. The number of ether oxygens (including phenoxy) is 2. The maximum Gasteiger partial charge on any atom is 0.409 e. The van der Waals surface area contributed by atoms with Gasteiger partial charge >= 0.3 is 6.09 Å². The Kier molecular flexibility index (Phi) is 3.89. The van der Waals surface area contributed by atoms with Gasteiger partial charge in [0.1, 0.15) is 11.9 Å². The Morgan fingerprint density at radius 1 is 1.41 bits per heavy atom. The molecule has 0 radical (unpaired) electrons. The quantitative estimate of drug-likeness (QED) is 0.843. The molecule has 92 valence electrons. The van der Waals surface area contributed by atoms with Crippen molar-refractivity contribution in [1.29, 1.82) is 0 Å². The van der Waals surface area contributed by atoms with Gasteiger partial charge in [-0.1, -0.05) is 15.9 Å². The fraction of sp³-hybridized carbons (Fsp3) is 0.417. The van der Waals surface area contributed by atoms with E-state index in [0.717, 1.165) is 16.6 Å². The lowest BCUT2D eigenvalue weighted by molar-refractivity contribution is 0.125. The summed E-state index contributed by atoms with van der Waals surface area (Å²) < 4.78 is 11.5. The largest absolute Gasteiger partial charge is 0.489 e. The van der Waals surface area contributed by atoms with E-state index in [1.54, 1.807) is 4.90 Å². The van der Waals surface area contributed by atoms with E-state index in [1.165, 1.54) is 7.11 Å². The number of likely N-dealkylation sites (tertiary alicyclic amines) is 1. The van der Waals surface area contributed by atoms with Crippen molar-refractivity contribution in [3.63, 3.8) is 0 Å². The Morgan fingerprint density at radius 2 is 2.12 bits per heavy atom. The number of rotatable bonds is 2. The molecule has 1 aliphatic rings. The van der Waals surface area contributed by atoms with Crippen molar-refractivity contribution in [2.24, 2.45) is 0 Å². The molecule has 0 N–H and O–H groups in total. The molecule has 0 saturated carbocycles. The zero-order valence-corrected chi connectivity index (χ0v) is 11.1. The lowest BCUT2D eigenvalue weighted by Crippen LogP contribution is -2.30. The fourth-order valence-electron chi connectivity index (χ4n) is 1.82. The topological polar surface area (TPSA) is 38.8 Å². The molecule has 1 aromatic rings. The van der Waals surface area contributed by atoms with Crippen molar-refractivity contribution in [1.82, 2.24) is 4.90 Å². The van der Waals surface area contributed by atoms with E-state index in [4.69, 9.17) is 4.74 Å². The van der Waals surface area contributed by atoms with Gasteiger partial charge in [-0.05, 0) is 24.3 Å². The van der Waals surface area contributed by atoms with E-state index >= 15 is 0 Å². The van der Waals surface area contributed by atoms with Crippen molar-refractivity contribution in [2.75, 3.05) is 20.2 Å². The summed E-state index contributed by atoms with van der Waals surface area (Å²) in [7, 11) is 1.39. The van der Waals surface area contributed by atoms with Gasteiger partial charge in [-0.2, -0.15) is 0 Å². The van der Waals surface area contributed by atoms with Crippen LogP contribution in [0, 0.1) is 0 Å². The normalized spacial score (nSPS) is 19.2. The molecule has 4 nitrogen and oxygen atoms in total. The molecule has 0 spiro atoms. The molecular formula is C12H14BrNO3. The average molecular weight is 300 g/mol. The first-order valence-corrected chi connectivity index (χ1v) is 6.23. The third-order valence-electron chi connectivity index (χ3n) is 2.69. The van der Waals surface area contributed by atoms with Crippen molar-refractivity contribution in [3.8, 4) is 5.75 Å². The van der Waals surface area contributed by atoms with Crippen LogP contribution in [0.25, 0.3) is 0 Å². The van der Waals surface area contributed by atoms with Crippen LogP contribution in [-0.4, -0.2) is 37.3 Å². The third kappa shape index (κ3) is 3.12. The van der Waals surface area contributed by atoms with Gasteiger partial charge in [0.05, 0.1) is 13.7 Å². The van der Waals surface area contributed by atoms with Crippen LogP contribution in [0.3, 0.4) is 0 Å². The number of halogens is 1. The van der Waals surface area contributed by atoms with Gasteiger partial charge in [0.25, 0.3) is 0 Å². The first-order valence-electron chi connectivity index (χ1n) is 5.44. The second-order valence-electron chi connectivity index (χ2n) is 3.90. The Balaban J connectivity index is 1.89. The Morgan fingerprint density at radius 3 is 2.76 bits per heavy atom. The number of nitrogens with zero attached hydrogens (tertiary/aromatic N) is 1. The number of hydrogen-bond acceptors (Lipinski definition) is 3. The van der Waals surface area contributed by atoms with Gasteiger partial charge in [0, 0.05) is 17.4 Å². The first-order chi connectivity index (χ1) is 8.19. The summed E-state index contributed by atoms with van der Waals surface area (Å²) in [6, 6.07) is 7.68. The highest BCUT2D eigenvalue weighted by Gasteiger charge is 2.27. The number of carbonyl (C=O) groups is 1. The third-order valence-corrected chi connectivity index (χ3v) is 3.22. The average Bonchev–Trinajstić information content (AvgIpc) is 2.80. The molecule has 5 heteroatoms. The van der Waals surface area contributed by atoms with Crippen LogP contribution in [0.15, 0.2) is 28.7 Å². The minimum absolute atomic E-state index is 0.0512. The second kappa shape index (κ2) is 5.40. The van der Waals surface area contributed by atoms with Gasteiger partial charge in [0.15, 0.2) is 0 Å². The minimum atomic E-state index is -0.285. The predicted octanol–water partition coefficient (Wildman–Crippen LogP) is 2.67. The summed E-state index contributed by atoms with van der Waals surface area (Å²) in [5, 5.41) is 0. The number of hydrogen-bond donors (Lipinski definition) is 0. The first kappa shape index (κ1) is 12.2. The number of methoxy groups -OCH3 is 1. The summed E-state index contributed by atoms with van der Waals surface area (Å²) in [6.45, 7) is 1.27. The molecule has 0 aliphatic carbocycles. The second-order valence-corrected chi connectivity index (χ2v) is 4.81. The summed E-state index contributed by atoms with van der Waals surface area (Å²) >= 11 is 3.37. The number of amides is 1. The summed E-state index contributed by atoms with van der Waals surface area (Å²) in [6.07, 6.45) is 0.604. The Labute approximate surface area is 109 Å². The molecule has 1 fully saturated rings. The van der Waals surface area contributed by atoms with E-state index in [0.29, 0.717) is 13.1 Å². The smallest absolute Gasteiger partial charge is 0.409 e. The molecule has 0 bridgehead atoms. The fourth-order valence-corrected chi connectivity index (χ4v) is 2.09. The number of benzene rings is 1. The molecule has 1 unspecified atom stereocenters. The molecule has 1 aliphatic heterocycles. The zero-order valence-electron chi connectivity index (χ0n) is 9.56. The van der Waals surface area contributed by atoms with Crippen molar-refractivity contribution >= 4 is 22.0 Å². The van der Waals surface area contributed by atoms with Crippen LogP contribution < -0.4 is 4.74 Å². The Hall–Kier alpha value is -1.23. The molecule has 0 aromatic heterocycles. The lowest BCUT2D eigenvalue weighted by Gasteiger charge is -2.15. The van der Waals surface area contributed by atoms with Crippen molar-refractivity contribution in [3.05, 3.63) is 28.7 Å².